The Bertz CT molecular complexity index is 493. The van der Waals surface area contributed by atoms with Crippen LogP contribution in [0, 0.1) is 10.1 Å². The van der Waals surface area contributed by atoms with Crippen LogP contribution in [0.25, 0.3) is 0 Å². The summed E-state index contributed by atoms with van der Waals surface area (Å²) in [4.78, 5) is 12.4. The molecule has 1 saturated carbocycles. The second-order valence-electron chi connectivity index (χ2n) is 5.48. The molecule has 110 valence electrons. The molecule has 0 radical (unpaired) electrons. The number of nitrogen functional groups attached to an aromatic ring is 1. The van der Waals surface area contributed by atoms with E-state index in [-0.39, 0.29) is 23.5 Å². The van der Waals surface area contributed by atoms with Crippen molar-refractivity contribution in [3.63, 3.8) is 0 Å². The van der Waals surface area contributed by atoms with E-state index in [1.54, 1.807) is 12.1 Å². The monoisotopic (exact) mass is 279 g/mol. The maximum atomic E-state index is 10.7. The average Bonchev–Trinajstić information content (AvgIpc) is 2.38. The van der Waals surface area contributed by atoms with Crippen LogP contribution >= 0.6 is 0 Å². The topological polar surface area (TPSA) is 92.6 Å². The number of aliphatic hydroxyl groups is 1. The number of nitro groups is 1. The van der Waals surface area contributed by atoms with Gasteiger partial charge in [0.1, 0.15) is 5.69 Å². The van der Waals surface area contributed by atoms with Gasteiger partial charge in [0.2, 0.25) is 0 Å². The number of rotatable bonds is 4. The summed E-state index contributed by atoms with van der Waals surface area (Å²) in [5.41, 5.74) is 6.74. The van der Waals surface area contributed by atoms with Gasteiger partial charge in [-0.15, -0.1) is 0 Å². The van der Waals surface area contributed by atoms with E-state index in [9.17, 15) is 15.2 Å². The quantitative estimate of drug-likeness (QED) is 0.499. The molecule has 1 aromatic carbocycles. The molecule has 2 rings (SSSR count). The van der Waals surface area contributed by atoms with Crippen molar-refractivity contribution in [3.8, 4) is 0 Å². The Morgan fingerprint density at radius 1 is 1.45 bits per heavy atom. The first-order valence-electron chi connectivity index (χ1n) is 6.90. The average molecular weight is 279 g/mol. The molecule has 1 aromatic rings. The Kier molecular flexibility index (Phi) is 4.57. The number of nitrogens with two attached hydrogens (primary N) is 1. The van der Waals surface area contributed by atoms with Gasteiger partial charge in [0, 0.05) is 18.7 Å². The molecule has 2 atom stereocenters. The molecule has 1 fully saturated rings. The minimum Gasteiger partial charge on any atom is -0.393 e. The first-order valence-corrected chi connectivity index (χ1v) is 6.90. The summed E-state index contributed by atoms with van der Waals surface area (Å²) in [6.07, 6.45) is 3.76. The fourth-order valence-corrected chi connectivity index (χ4v) is 2.88. The van der Waals surface area contributed by atoms with Crippen molar-refractivity contribution in [1.82, 2.24) is 4.90 Å². The third-order valence-electron chi connectivity index (χ3n) is 3.98. The summed E-state index contributed by atoms with van der Waals surface area (Å²) in [5.74, 6) is 0. The third-order valence-corrected chi connectivity index (χ3v) is 3.98. The number of anilines is 1. The first kappa shape index (κ1) is 14.7. The fraction of sp³-hybridized carbons (Fsp3) is 0.571. The lowest BCUT2D eigenvalue weighted by atomic mass is 9.91. The van der Waals surface area contributed by atoms with Crippen LogP contribution in [0.4, 0.5) is 11.4 Å². The summed E-state index contributed by atoms with van der Waals surface area (Å²) in [6, 6.07) is 4.96. The van der Waals surface area contributed by atoms with Crippen LogP contribution in [0.1, 0.15) is 31.2 Å². The van der Waals surface area contributed by atoms with Crippen molar-refractivity contribution < 1.29 is 10.0 Å². The van der Waals surface area contributed by atoms with E-state index in [1.165, 1.54) is 6.07 Å². The number of nitrogens with zero attached hydrogens (tertiary/aromatic N) is 2. The third kappa shape index (κ3) is 3.26. The highest BCUT2D eigenvalue weighted by molar-refractivity contribution is 5.59. The number of benzene rings is 1. The second-order valence-corrected chi connectivity index (χ2v) is 5.48. The van der Waals surface area contributed by atoms with Gasteiger partial charge >= 0.3 is 0 Å². The minimum atomic E-state index is -0.478. The summed E-state index contributed by atoms with van der Waals surface area (Å²) < 4.78 is 0. The van der Waals surface area contributed by atoms with Crippen LogP contribution in [0.2, 0.25) is 0 Å². The summed E-state index contributed by atoms with van der Waals surface area (Å²) >= 11 is 0. The largest absolute Gasteiger partial charge is 0.393 e. The summed E-state index contributed by atoms with van der Waals surface area (Å²) in [7, 11) is 1.97. The highest BCUT2D eigenvalue weighted by Crippen LogP contribution is 2.26. The lowest BCUT2D eigenvalue weighted by molar-refractivity contribution is -0.383. The molecule has 6 nitrogen and oxygen atoms in total. The van der Waals surface area contributed by atoms with Gasteiger partial charge in [-0.2, -0.15) is 0 Å². The van der Waals surface area contributed by atoms with Crippen LogP contribution in [-0.4, -0.2) is 34.1 Å². The van der Waals surface area contributed by atoms with Crippen LogP contribution in [-0.2, 0) is 6.54 Å². The Balaban J connectivity index is 2.05. The Hall–Kier alpha value is -1.66. The van der Waals surface area contributed by atoms with Gasteiger partial charge in [-0.3, -0.25) is 15.0 Å². The van der Waals surface area contributed by atoms with Crippen molar-refractivity contribution in [2.24, 2.45) is 0 Å². The zero-order valence-electron chi connectivity index (χ0n) is 11.7. The second kappa shape index (κ2) is 6.19. The van der Waals surface area contributed by atoms with E-state index in [4.69, 9.17) is 5.73 Å². The van der Waals surface area contributed by atoms with E-state index >= 15 is 0 Å². The molecule has 3 N–H and O–H groups in total. The van der Waals surface area contributed by atoms with Crippen LogP contribution < -0.4 is 5.73 Å². The Labute approximate surface area is 118 Å². The molecule has 6 heteroatoms. The number of likely N-dealkylation sites (N-methyl/N-ethyl adjacent to an activating group) is 1. The summed E-state index contributed by atoms with van der Waals surface area (Å²) in [6.45, 7) is 0.629. The highest BCUT2D eigenvalue weighted by atomic mass is 16.6. The number of hydrogen-bond donors (Lipinski definition) is 2. The Morgan fingerprint density at radius 2 is 2.15 bits per heavy atom. The molecule has 0 spiro atoms. The maximum Gasteiger partial charge on any atom is 0.292 e. The molecule has 0 heterocycles. The highest BCUT2D eigenvalue weighted by Gasteiger charge is 2.26. The molecule has 0 amide bonds. The van der Waals surface area contributed by atoms with Gasteiger partial charge in [0.15, 0.2) is 0 Å². The normalized spacial score (nSPS) is 22.9. The standard InChI is InChI=1S/C14H21N3O3/c1-16(13-4-2-3-5-14(13)18)9-10-6-7-12(17(19)20)11(15)8-10/h6-8,13-14,18H,2-5,9,15H2,1H3. The SMILES string of the molecule is CN(Cc1ccc([N+](=O)[O-])c(N)c1)C1CCCCC1O. The number of hydrogen-bond acceptors (Lipinski definition) is 5. The van der Waals surface area contributed by atoms with Crippen molar-refractivity contribution in [2.75, 3.05) is 12.8 Å². The summed E-state index contributed by atoms with van der Waals surface area (Å²) in [5, 5.41) is 20.8. The predicted molar refractivity (Wildman–Crippen MR) is 77.2 cm³/mol. The van der Waals surface area contributed by atoms with E-state index in [0.717, 1.165) is 31.2 Å². The van der Waals surface area contributed by atoms with Gasteiger partial charge in [-0.1, -0.05) is 18.9 Å². The van der Waals surface area contributed by atoms with Gasteiger partial charge in [-0.05, 0) is 31.5 Å². The molecular formula is C14H21N3O3. The van der Waals surface area contributed by atoms with Gasteiger partial charge in [0.05, 0.1) is 11.0 Å². The molecule has 0 aliphatic heterocycles. The first-order chi connectivity index (χ1) is 9.49. The molecule has 0 saturated heterocycles. The van der Waals surface area contributed by atoms with E-state index in [1.807, 2.05) is 7.05 Å². The number of aliphatic hydroxyl groups excluding tert-OH is 1. The predicted octanol–water partition coefficient (Wildman–Crippen LogP) is 1.91. The van der Waals surface area contributed by atoms with Crippen molar-refractivity contribution in [2.45, 2.75) is 44.4 Å². The minimum absolute atomic E-state index is 0.0610. The fourth-order valence-electron chi connectivity index (χ4n) is 2.88. The molecular weight excluding hydrogens is 258 g/mol. The van der Waals surface area contributed by atoms with Gasteiger partial charge < -0.3 is 10.8 Å². The van der Waals surface area contributed by atoms with Crippen LogP contribution in [0.15, 0.2) is 18.2 Å². The van der Waals surface area contributed by atoms with E-state index in [0.29, 0.717) is 6.54 Å². The molecule has 0 aromatic heterocycles. The van der Waals surface area contributed by atoms with Gasteiger partial charge in [0.25, 0.3) is 5.69 Å². The lowest BCUT2D eigenvalue weighted by Gasteiger charge is -2.35. The zero-order valence-corrected chi connectivity index (χ0v) is 11.7. The smallest absolute Gasteiger partial charge is 0.292 e. The maximum absolute atomic E-state index is 10.7. The Morgan fingerprint density at radius 3 is 2.75 bits per heavy atom. The van der Waals surface area contributed by atoms with E-state index < -0.39 is 4.92 Å². The van der Waals surface area contributed by atoms with Gasteiger partial charge in [-0.25, -0.2) is 0 Å². The molecule has 20 heavy (non-hydrogen) atoms. The van der Waals surface area contributed by atoms with Crippen LogP contribution in [0.5, 0.6) is 0 Å². The molecule has 1 aliphatic carbocycles. The van der Waals surface area contributed by atoms with Crippen molar-refractivity contribution >= 4 is 11.4 Å². The van der Waals surface area contributed by atoms with Crippen molar-refractivity contribution in [1.29, 1.82) is 0 Å². The molecule has 1 aliphatic rings. The van der Waals surface area contributed by atoms with E-state index in [2.05, 4.69) is 4.90 Å². The van der Waals surface area contributed by atoms with Crippen LogP contribution in [0.3, 0.4) is 0 Å². The lowest BCUT2D eigenvalue weighted by Crippen LogP contribution is -2.42. The molecule has 2 unspecified atom stereocenters. The zero-order chi connectivity index (χ0) is 14.7. The molecule has 0 bridgehead atoms. The van der Waals surface area contributed by atoms with Crippen molar-refractivity contribution in [3.05, 3.63) is 33.9 Å². The number of nitro benzene ring substituents is 1.